The molecule has 68 valence electrons. The van der Waals surface area contributed by atoms with Gasteiger partial charge in [0.25, 0.3) is 0 Å². The highest BCUT2D eigenvalue weighted by molar-refractivity contribution is 6.43. The zero-order valence-corrected chi connectivity index (χ0v) is 7.18. The minimum Gasteiger partial charge on any atom is -0.426 e. The Morgan fingerprint density at radius 2 is 2.17 bits per heavy atom. The number of hydrogen-bond donors (Lipinski definition) is 2. The highest BCUT2D eigenvalue weighted by atomic mass is 16.6. The lowest BCUT2D eigenvalue weighted by atomic mass is 9.78. The van der Waals surface area contributed by atoms with E-state index in [4.69, 9.17) is 14.8 Å². The Morgan fingerprint density at radius 1 is 1.50 bits per heavy atom. The fourth-order valence-corrected chi connectivity index (χ4v) is 1.97. The molecule has 0 aromatic carbocycles. The Morgan fingerprint density at radius 3 is 2.67 bits per heavy atom. The van der Waals surface area contributed by atoms with Crippen LogP contribution in [0, 0.1) is 0 Å². The summed E-state index contributed by atoms with van der Waals surface area (Å²) in [7, 11) is -1.22. The van der Waals surface area contributed by atoms with E-state index in [9.17, 15) is 0 Å². The van der Waals surface area contributed by atoms with Crippen LogP contribution in [0.4, 0.5) is 0 Å². The Balaban J connectivity index is 1.95. The second-order valence-electron chi connectivity index (χ2n) is 3.59. The molecule has 2 saturated heterocycles. The highest BCUT2D eigenvalue weighted by Crippen LogP contribution is 2.32. The molecule has 0 spiro atoms. The maximum absolute atomic E-state index is 9.04. The van der Waals surface area contributed by atoms with Crippen molar-refractivity contribution in [2.24, 2.45) is 0 Å². The van der Waals surface area contributed by atoms with Gasteiger partial charge in [-0.1, -0.05) is 0 Å². The van der Waals surface area contributed by atoms with E-state index in [0.29, 0.717) is 0 Å². The first-order valence-electron chi connectivity index (χ1n) is 4.47. The molecule has 3 atom stereocenters. The van der Waals surface area contributed by atoms with Gasteiger partial charge in [0.2, 0.25) is 0 Å². The summed E-state index contributed by atoms with van der Waals surface area (Å²) in [5.41, 5.74) is 0. The number of rotatable bonds is 2. The molecule has 5 heteroatoms. The van der Waals surface area contributed by atoms with E-state index in [1.807, 2.05) is 6.92 Å². The van der Waals surface area contributed by atoms with Gasteiger partial charge >= 0.3 is 7.12 Å². The van der Waals surface area contributed by atoms with Gasteiger partial charge in [-0.05, 0) is 19.8 Å². The molecule has 3 unspecified atom stereocenters. The van der Waals surface area contributed by atoms with Crippen molar-refractivity contribution in [3.8, 4) is 0 Å². The van der Waals surface area contributed by atoms with Gasteiger partial charge in [0.1, 0.15) is 6.23 Å². The van der Waals surface area contributed by atoms with Gasteiger partial charge in [-0.25, -0.2) is 0 Å². The van der Waals surface area contributed by atoms with Crippen LogP contribution in [0.15, 0.2) is 0 Å². The largest absolute Gasteiger partial charge is 0.469 e. The standard InChI is InChI=1S/C7H14BNO3/c1-5-7(12-5)9-4-2-3-6(9)8(10)11/h5-7,10-11H,2-4H2,1H3. The average molecular weight is 171 g/mol. The molecular formula is C7H14BNO3. The van der Waals surface area contributed by atoms with E-state index in [-0.39, 0.29) is 18.3 Å². The monoisotopic (exact) mass is 171 g/mol. The highest BCUT2D eigenvalue weighted by Gasteiger charge is 2.47. The molecule has 0 radical (unpaired) electrons. The minimum absolute atomic E-state index is 0.111. The van der Waals surface area contributed by atoms with Crippen molar-refractivity contribution in [1.29, 1.82) is 0 Å². The summed E-state index contributed by atoms with van der Waals surface area (Å²) < 4.78 is 5.28. The Bertz CT molecular complexity index is 178. The van der Waals surface area contributed by atoms with Gasteiger partial charge in [0.05, 0.1) is 6.10 Å². The zero-order chi connectivity index (χ0) is 8.72. The first kappa shape index (κ1) is 8.50. The Kier molecular flexibility index (Phi) is 2.12. The van der Waals surface area contributed by atoms with Gasteiger partial charge in [0.15, 0.2) is 0 Å². The molecule has 2 aliphatic rings. The summed E-state index contributed by atoms with van der Waals surface area (Å²) in [6.07, 6.45) is 2.31. The molecule has 2 rings (SSSR count). The SMILES string of the molecule is CC1OC1N1CCCC1B(O)O. The second-order valence-corrected chi connectivity index (χ2v) is 3.59. The number of nitrogens with zero attached hydrogens (tertiary/aromatic N) is 1. The van der Waals surface area contributed by atoms with Gasteiger partial charge in [0, 0.05) is 12.5 Å². The summed E-state index contributed by atoms with van der Waals surface area (Å²) in [6.45, 7) is 2.93. The van der Waals surface area contributed by atoms with E-state index in [2.05, 4.69) is 4.90 Å². The van der Waals surface area contributed by atoms with Crippen molar-refractivity contribution in [1.82, 2.24) is 4.90 Å². The molecule has 12 heavy (non-hydrogen) atoms. The van der Waals surface area contributed by atoms with Gasteiger partial charge in [-0.15, -0.1) is 0 Å². The van der Waals surface area contributed by atoms with Crippen LogP contribution in [0.1, 0.15) is 19.8 Å². The lowest BCUT2D eigenvalue weighted by Crippen LogP contribution is -2.44. The van der Waals surface area contributed by atoms with Gasteiger partial charge in [-0.2, -0.15) is 0 Å². The van der Waals surface area contributed by atoms with Crippen molar-refractivity contribution >= 4 is 7.12 Å². The molecule has 2 heterocycles. The third kappa shape index (κ3) is 1.37. The summed E-state index contributed by atoms with van der Waals surface area (Å²) in [5.74, 6) is -0.111. The number of likely N-dealkylation sites (tertiary alicyclic amines) is 1. The lowest BCUT2D eigenvalue weighted by Gasteiger charge is -2.21. The van der Waals surface area contributed by atoms with Crippen LogP contribution in [0.25, 0.3) is 0 Å². The average Bonchev–Trinajstić information content (AvgIpc) is 2.58. The van der Waals surface area contributed by atoms with E-state index in [0.717, 1.165) is 19.4 Å². The van der Waals surface area contributed by atoms with Crippen LogP contribution < -0.4 is 0 Å². The van der Waals surface area contributed by atoms with Crippen LogP contribution in [0.2, 0.25) is 0 Å². The smallest absolute Gasteiger partial charge is 0.426 e. The second kappa shape index (κ2) is 2.99. The van der Waals surface area contributed by atoms with Crippen LogP contribution in [-0.4, -0.2) is 46.9 Å². The molecule has 2 aliphatic heterocycles. The number of hydrogen-bond acceptors (Lipinski definition) is 4. The van der Waals surface area contributed by atoms with E-state index in [1.54, 1.807) is 0 Å². The van der Waals surface area contributed by atoms with E-state index < -0.39 is 7.12 Å². The molecule has 0 amide bonds. The topological polar surface area (TPSA) is 56.2 Å². The van der Waals surface area contributed by atoms with Crippen molar-refractivity contribution in [2.75, 3.05) is 6.54 Å². The molecule has 0 aromatic heterocycles. The Labute approximate surface area is 72.3 Å². The predicted molar refractivity (Wildman–Crippen MR) is 44.3 cm³/mol. The minimum atomic E-state index is -1.22. The van der Waals surface area contributed by atoms with Crippen LogP contribution in [-0.2, 0) is 4.74 Å². The lowest BCUT2D eigenvalue weighted by molar-refractivity contribution is 0.173. The summed E-state index contributed by atoms with van der Waals surface area (Å²) in [5, 5.41) is 18.1. The molecule has 0 aliphatic carbocycles. The van der Waals surface area contributed by atoms with Gasteiger partial charge < -0.3 is 14.8 Å². The number of epoxide rings is 1. The molecule has 0 bridgehead atoms. The molecule has 2 fully saturated rings. The summed E-state index contributed by atoms with van der Waals surface area (Å²) >= 11 is 0. The molecule has 2 N–H and O–H groups in total. The van der Waals surface area contributed by atoms with Crippen LogP contribution >= 0.6 is 0 Å². The first-order chi connectivity index (χ1) is 5.70. The van der Waals surface area contributed by atoms with E-state index in [1.165, 1.54) is 0 Å². The van der Waals surface area contributed by atoms with Crippen molar-refractivity contribution in [2.45, 2.75) is 38.0 Å². The van der Waals surface area contributed by atoms with E-state index >= 15 is 0 Å². The van der Waals surface area contributed by atoms with Crippen LogP contribution in [0.5, 0.6) is 0 Å². The normalized spacial score (nSPS) is 41.8. The van der Waals surface area contributed by atoms with Gasteiger partial charge in [-0.3, -0.25) is 4.90 Å². The first-order valence-corrected chi connectivity index (χ1v) is 4.47. The van der Waals surface area contributed by atoms with Crippen molar-refractivity contribution in [3.05, 3.63) is 0 Å². The predicted octanol–water partition coefficient (Wildman–Crippen LogP) is -0.792. The van der Waals surface area contributed by atoms with Crippen molar-refractivity contribution < 1.29 is 14.8 Å². The molecule has 0 saturated carbocycles. The Hall–Kier alpha value is -0.0951. The fraction of sp³-hybridized carbons (Fsp3) is 1.00. The van der Waals surface area contributed by atoms with Crippen LogP contribution in [0.3, 0.4) is 0 Å². The third-order valence-corrected chi connectivity index (χ3v) is 2.69. The van der Waals surface area contributed by atoms with Crippen molar-refractivity contribution in [3.63, 3.8) is 0 Å². The number of ether oxygens (including phenoxy) is 1. The molecule has 0 aromatic rings. The maximum Gasteiger partial charge on any atom is 0.469 e. The zero-order valence-electron chi connectivity index (χ0n) is 7.18. The summed E-state index contributed by atoms with van der Waals surface area (Å²) in [6, 6.07) is 0. The fourth-order valence-electron chi connectivity index (χ4n) is 1.97. The summed E-state index contributed by atoms with van der Waals surface area (Å²) in [4.78, 5) is 2.05. The third-order valence-electron chi connectivity index (χ3n) is 2.69. The molecular weight excluding hydrogens is 157 g/mol. The molecule has 4 nitrogen and oxygen atoms in total. The quantitative estimate of drug-likeness (QED) is 0.422. The maximum atomic E-state index is 9.04.